The first-order valence-corrected chi connectivity index (χ1v) is 8.29. The van der Waals surface area contributed by atoms with Crippen LogP contribution in [0.15, 0.2) is 0 Å². The summed E-state index contributed by atoms with van der Waals surface area (Å²) in [7, 11) is 0. The van der Waals surface area contributed by atoms with Crippen molar-refractivity contribution >= 4 is 5.91 Å². The van der Waals surface area contributed by atoms with Gasteiger partial charge in [0.1, 0.15) is 0 Å². The van der Waals surface area contributed by atoms with Crippen LogP contribution in [-0.2, 0) is 4.79 Å². The highest BCUT2D eigenvalue weighted by Gasteiger charge is 2.43. The molecule has 2 fully saturated rings. The molecular weight excluding hydrogens is 250 g/mol. The smallest absolute Gasteiger partial charge is 0.227 e. The Morgan fingerprint density at radius 2 is 1.95 bits per heavy atom. The van der Waals surface area contributed by atoms with Gasteiger partial charge in [-0.2, -0.15) is 0 Å². The van der Waals surface area contributed by atoms with Gasteiger partial charge in [-0.15, -0.1) is 0 Å². The highest BCUT2D eigenvalue weighted by molar-refractivity contribution is 5.83. The van der Waals surface area contributed by atoms with E-state index in [1.165, 1.54) is 32.4 Å². The molecule has 0 aromatic rings. The van der Waals surface area contributed by atoms with Gasteiger partial charge in [-0.25, -0.2) is 0 Å². The van der Waals surface area contributed by atoms with Gasteiger partial charge < -0.3 is 10.6 Å². The maximum absolute atomic E-state index is 12.6. The quantitative estimate of drug-likeness (QED) is 0.805. The van der Waals surface area contributed by atoms with Gasteiger partial charge in [0.25, 0.3) is 0 Å². The van der Waals surface area contributed by atoms with Gasteiger partial charge in [0.2, 0.25) is 5.91 Å². The Labute approximate surface area is 123 Å². The average Bonchev–Trinajstić information content (AvgIpc) is 2.96. The number of rotatable bonds is 5. The molecule has 0 saturated carbocycles. The van der Waals surface area contributed by atoms with Crippen molar-refractivity contribution in [3.63, 3.8) is 0 Å². The maximum Gasteiger partial charge on any atom is 0.227 e. The first kappa shape index (κ1) is 15.8. The van der Waals surface area contributed by atoms with Crippen molar-refractivity contribution in [1.82, 2.24) is 15.5 Å². The van der Waals surface area contributed by atoms with Gasteiger partial charge in [0.05, 0.1) is 5.41 Å². The molecule has 2 rings (SSSR count). The molecule has 1 amide bonds. The van der Waals surface area contributed by atoms with Crippen LogP contribution in [0.5, 0.6) is 0 Å². The van der Waals surface area contributed by atoms with Gasteiger partial charge in [-0.3, -0.25) is 9.69 Å². The summed E-state index contributed by atoms with van der Waals surface area (Å²) in [5, 5.41) is 6.58. The van der Waals surface area contributed by atoms with E-state index in [4.69, 9.17) is 0 Å². The first-order valence-electron chi connectivity index (χ1n) is 8.29. The monoisotopic (exact) mass is 281 g/mol. The molecule has 2 atom stereocenters. The van der Waals surface area contributed by atoms with Crippen LogP contribution in [-0.4, -0.2) is 49.6 Å². The number of hydrogen-bond acceptors (Lipinski definition) is 3. The van der Waals surface area contributed by atoms with Crippen molar-refractivity contribution in [2.45, 2.75) is 52.5 Å². The number of carbonyl (C=O) groups excluding carboxylic acids is 1. The number of likely N-dealkylation sites (tertiary alicyclic amines) is 1. The molecule has 0 spiro atoms. The zero-order chi connectivity index (χ0) is 14.6. The van der Waals surface area contributed by atoms with Crippen LogP contribution in [0.25, 0.3) is 0 Å². The Morgan fingerprint density at radius 1 is 1.25 bits per heavy atom. The lowest BCUT2D eigenvalue weighted by atomic mass is 9.75. The Kier molecular flexibility index (Phi) is 5.44. The summed E-state index contributed by atoms with van der Waals surface area (Å²) in [5.74, 6) is 0.643. The Bertz CT molecular complexity index is 318. The molecule has 2 saturated heterocycles. The second-order valence-corrected chi connectivity index (χ2v) is 6.89. The number of amides is 1. The van der Waals surface area contributed by atoms with Crippen LogP contribution in [0.1, 0.15) is 46.5 Å². The van der Waals surface area contributed by atoms with Gasteiger partial charge in [0, 0.05) is 19.1 Å². The lowest BCUT2D eigenvalue weighted by Crippen LogP contribution is -2.50. The Hall–Kier alpha value is -0.610. The minimum Gasteiger partial charge on any atom is -0.354 e. The fourth-order valence-electron chi connectivity index (χ4n) is 3.56. The summed E-state index contributed by atoms with van der Waals surface area (Å²) in [4.78, 5) is 15.1. The molecule has 4 nitrogen and oxygen atoms in total. The molecule has 0 aliphatic carbocycles. The van der Waals surface area contributed by atoms with Gasteiger partial charge in [-0.1, -0.05) is 20.3 Å². The van der Waals surface area contributed by atoms with Crippen molar-refractivity contribution < 1.29 is 4.79 Å². The van der Waals surface area contributed by atoms with E-state index in [2.05, 4.69) is 36.3 Å². The largest absolute Gasteiger partial charge is 0.354 e. The van der Waals surface area contributed by atoms with Crippen molar-refractivity contribution in [3.05, 3.63) is 0 Å². The minimum atomic E-state index is -0.193. The van der Waals surface area contributed by atoms with Gasteiger partial charge >= 0.3 is 0 Å². The van der Waals surface area contributed by atoms with Gasteiger partial charge in [0.15, 0.2) is 0 Å². The molecule has 2 heterocycles. The molecule has 0 bridgehead atoms. The van der Waals surface area contributed by atoms with E-state index in [0.29, 0.717) is 12.0 Å². The molecule has 2 unspecified atom stereocenters. The van der Waals surface area contributed by atoms with Crippen molar-refractivity contribution in [3.8, 4) is 0 Å². The van der Waals surface area contributed by atoms with E-state index >= 15 is 0 Å². The zero-order valence-electron chi connectivity index (χ0n) is 13.4. The molecular formula is C16H31N3O. The van der Waals surface area contributed by atoms with Crippen LogP contribution in [0.3, 0.4) is 0 Å². The topological polar surface area (TPSA) is 44.4 Å². The van der Waals surface area contributed by atoms with Crippen LogP contribution in [0.2, 0.25) is 0 Å². The number of nitrogens with one attached hydrogen (secondary N) is 2. The third kappa shape index (κ3) is 3.34. The maximum atomic E-state index is 12.6. The number of nitrogens with zero attached hydrogens (tertiary/aromatic N) is 1. The van der Waals surface area contributed by atoms with Gasteiger partial charge in [-0.05, 0) is 51.7 Å². The molecule has 0 aromatic heterocycles. The third-order valence-electron chi connectivity index (χ3n) is 5.32. The summed E-state index contributed by atoms with van der Waals surface area (Å²) in [6.07, 6.45) is 4.93. The highest BCUT2D eigenvalue weighted by atomic mass is 16.2. The second-order valence-electron chi connectivity index (χ2n) is 6.89. The van der Waals surface area contributed by atoms with E-state index in [-0.39, 0.29) is 11.3 Å². The number of piperidine rings is 1. The summed E-state index contributed by atoms with van der Waals surface area (Å²) in [6.45, 7) is 11.5. The lowest BCUT2D eigenvalue weighted by Gasteiger charge is -2.35. The molecule has 2 N–H and O–H groups in total. The van der Waals surface area contributed by atoms with Crippen molar-refractivity contribution in [1.29, 1.82) is 0 Å². The third-order valence-corrected chi connectivity index (χ3v) is 5.32. The molecule has 2 aliphatic heterocycles. The molecule has 0 aromatic carbocycles. The second kappa shape index (κ2) is 6.90. The SMILES string of the molecule is CC(CNC(=O)C1(C(C)C)CCNC1)N1CCCCC1. The van der Waals surface area contributed by atoms with Crippen LogP contribution < -0.4 is 10.6 Å². The van der Waals surface area contributed by atoms with Crippen molar-refractivity contribution in [2.75, 3.05) is 32.7 Å². The first-order chi connectivity index (χ1) is 9.56. The van der Waals surface area contributed by atoms with E-state index < -0.39 is 0 Å². The fraction of sp³-hybridized carbons (Fsp3) is 0.938. The van der Waals surface area contributed by atoms with E-state index in [1.54, 1.807) is 0 Å². The van der Waals surface area contributed by atoms with Crippen molar-refractivity contribution in [2.24, 2.45) is 11.3 Å². The molecule has 20 heavy (non-hydrogen) atoms. The minimum absolute atomic E-state index is 0.193. The number of hydrogen-bond donors (Lipinski definition) is 2. The molecule has 116 valence electrons. The standard InChI is InChI=1S/C16H31N3O/c1-13(2)16(7-8-17-12-16)15(20)18-11-14(3)19-9-5-4-6-10-19/h13-14,17H,4-12H2,1-3H3,(H,18,20). The summed E-state index contributed by atoms with van der Waals surface area (Å²) >= 11 is 0. The Morgan fingerprint density at radius 3 is 2.50 bits per heavy atom. The lowest BCUT2D eigenvalue weighted by molar-refractivity contribution is -0.132. The highest BCUT2D eigenvalue weighted by Crippen LogP contribution is 2.34. The predicted molar refractivity (Wildman–Crippen MR) is 82.7 cm³/mol. The summed E-state index contributed by atoms with van der Waals surface area (Å²) < 4.78 is 0. The average molecular weight is 281 g/mol. The molecule has 4 heteroatoms. The van der Waals surface area contributed by atoms with Crippen LogP contribution >= 0.6 is 0 Å². The fourth-order valence-corrected chi connectivity index (χ4v) is 3.56. The summed E-state index contributed by atoms with van der Waals surface area (Å²) in [5.41, 5.74) is -0.193. The number of carbonyl (C=O) groups is 1. The van der Waals surface area contributed by atoms with E-state index in [1.807, 2.05) is 0 Å². The van der Waals surface area contributed by atoms with E-state index in [0.717, 1.165) is 26.1 Å². The van der Waals surface area contributed by atoms with Crippen LogP contribution in [0.4, 0.5) is 0 Å². The normalized spacial score (nSPS) is 29.6. The van der Waals surface area contributed by atoms with Crippen LogP contribution in [0, 0.1) is 11.3 Å². The summed E-state index contributed by atoms with van der Waals surface area (Å²) in [6, 6.07) is 0.456. The zero-order valence-corrected chi connectivity index (χ0v) is 13.4. The molecule has 0 radical (unpaired) electrons. The Balaban J connectivity index is 1.84. The molecule has 2 aliphatic rings. The van der Waals surface area contributed by atoms with E-state index in [9.17, 15) is 4.79 Å². The predicted octanol–water partition coefficient (Wildman–Crippen LogP) is 1.61.